The number of aryl methyl sites for hydroxylation is 3. The second-order valence-corrected chi connectivity index (χ2v) is 6.88. The molecule has 0 saturated carbocycles. The Labute approximate surface area is 160 Å². The maximum atomic E-state index is 4.75. The van der Waals surface area contributed by atoms with Gasteiger partial charge < -0.3 is 15.4 Å². The molecule has 2 aromatic heterocycles. The van der Waals surface area contributed by atoms with Gasteiger partial charge in [0.05, 0.1) is 5.52 Å². The quantitative estimate of drug-likeness (QED) is 0.732. The predicted molar refractivity (Wildman–Crippen MR) is 110 cm³/mol. The zero-order valence-corrected chi connectivity index (χ0v) is 16.4. The Hall–Kier alpha value is -2.11. The van der Waals surface area contributed by atoms with Gasteiger partial charge in [0.1, 0.15) is 11.3 Å². The first-order valence-corrected chi connectivity index (χ1v) is 8.82. The Kier molecular flexibility index (Phi) is 6.26. The number of aromatic amines is 1. The number of hydrogen-bond acceptors (Lipinski definition) is 3. The van der Waals surface area contributed by atoms with Gasteiger partial charge in [0.2, 0.25) is 0 Å². The van der Waals surface area contributed by atoms with Crippen molar-refractivity contribution < 1.29 is 5.48 Å². The summed E-state index contributed by atoms with van der Waals surface area (Å²) in [5, 5.41) is 0. The molecule has 5 nitrogen and oxygen atoms in total. The van der Waals surface area contributed by atoms with E-state index in [1.54, 1.807) is 0 Å². The molecule has 0 aliphatic carbocycles. The van der Waals surface area contributed by atoms with Crippen molar-refractivity contribution in [3.05, 3.63) is 41.2 Å². The van der Waals surface area contributed by atoms with Crippen molar-refractivity contribution in [2.75, 3.05) is 18.0 Å². The number of halogens is 1. The molecule has 1 saturated heterocycles. The van der Waals surface area contributed by atoms with Crippen LogP contribution in [0.4, 0.5) is 5.82 Å². The summed E-state index contributed by atoms with van der Waals surface area (Å²) in [5.41, 5.74) is 7.03. The number of rotatable bonds is 2. The molecule has 1 fully saturated rings. The van der Waals surface area contributed by atoms with Crippen molar-refractivity contribution in [1.29, 1.82) is 0 Å². The smallest absolute Gasteiger partial charge is 0.156 e. The molecular weight excluding hydrogens is 348 g/mol. The topological polar surface area (TPSA) is 76.3 Å². The highest BCUT2D eigenvalue weighted by molar-refractivity contribution is 5.91. The molecule has 3 aromatic rings. The van der Waals surface area contributed by atoms with Crippen LogP contribution in [0, 0.1) is 20.8 Å². The normalized spacial score (nSPS) is 14.0. The van der Waals surface area contributed by atoms with Crippen LogP contribution in [-0.4, -0.2) is 33.5 Å². The van der Waals surface area contributed by atoms with Crippen LogP contribution < -0.4 is 4.90 Å². The van der Waals surface area contributed by atoms with Crippen molar-refractivity contribution in [3.8, 4) is 11.3 Å². The zero-order chi connectivity index (χ0) is 16.7. The summed E-state index contributed by atoms with van der Waals surface area (Å²) in [4.78, 5) is 15.4. The fraction of sp³-hybridized carbons (Fsp3) is 0.400. The summed E-state index contributed by atoms with van der Waals surface area (Å²) in [6.45, 7) is 8.46. The summed E-state index contributed by atoms with van der Waals surface area (Å²) < 4.78 is 0. The van der Waals surface area contributed by atoms with Crippen molar-refractivity contribution in [1.82, 2.24) is 15.0 Å². The second-order valence-electron chi connectivity index (χ2n) is 6.88. The second kappa shape index (κ2) is 8.06. The van der Waals surface area contributed by atoms with E-state index in [0.29, 0.717) is 0 Å². The molecule has 0 atom stereocenters. The molecule has 4 rings (SSSR count). The van der Waals surface area contributed by atoms with Crippen LogP contribution >= 0.6 is 12.4 Å². The first-order chi connectivity index (χ1) is 11.6. The molecular formula is C20H27ClN4O. The highest BCUT2D eigenvalue weighted by atomic mass is 35.5. The predicted octanol–water partition coefficient (Wildman–Crippen LogP) is 4.14. The number of fused-ring (bicyclic) bond motifs is 1. The van der Waals surface area contributed by atoms with Gasteiger partial charge in [-0.15, -0.1) is 12.4 Å². The van der Waals surface area contributed by atoms with Gasteiger partial charge in [-0.05, 0) is 68.9 Å². The Morgan fingerprint density at radius 2 is 1.65 bits per heavy atom. The molecule has 0 radical (unpaired) electrons. The van der Waals surface area contributed by atoms with Gasteiger partial charge in [-0.1, -0.05) is 12.1 Å². The number of H-pyrrole nitrogens is 1. The van der Waals surface area contributed by atoms with E-state index >= 15 is 0 Å². The molecule has 3 heterocycles. The lowest BCUT2D eigenvalue weighted by atomic mass is 10.0. The molecule has 26 heavy (non-hydrogen) atoms. The van der Waals surface area contributed by atoms with Crippen LogP contribution in [0.25, 0.3) is 22.3 Å². The third-order valence-corrected chi connectivity index (χ3v) is 5.04. The van der Waals surface area contributed by atoms with E-state index in [4.69, 9.17) is 4.98 Å². The zero-order valence-electron chi connectivity index (χ0n) is 15.6. The minimum absolute atomic E-state index is 0. The van der Waals surface area contributed by atoms with E-state index in [0.717, 1.165) is 41.5 Å². The third-order valence-electron chi connectivity index (χ3n) is 5.04. The highest BCUT2D eigenvalue weighted by Gasteiger charge is 2.18. The minimum Gasteiger partial charge on any atom is -0.412 e. The summed E-state index contributed by atoms with van der Waals surface area (Å²) in [6, 6.07) is 8.75. The first kappa shape index (κ1) is 20.2. The van der Waals surface area contributed by atoms with E-state index in [9.17, 15) is 0 Å². The van der Waals surface area contributed by atoms with E-state index in [2.05, 4.69) is 53.0 Å². The van der Waals surface area contributed by atoms with Crippen molar-refractivity contribution in [2.24, 2.45) is 0 Å². The van der Waals surface area contributed by atoms with Crippen LogP contribution in [0.1, 0.15) is 36.2 Å². The number of aromatic nitrogens is 3. The van der Waals surface area contributed by atoms with Gasteiger partial charge in [0.25, 0.3) is 0 Å². The lowest BCUT2D eigenvalue weighted by Crippen LogP contribution is -2.30. The van der Waals surface area contributed by atoms with Crippen molar-refractivity contribution >= 4 is 29.3 Å². The van der Waals surface area contributed by atoms with Crippen molar-refractivity contribution in [3.63, 3.8) is 0 Å². The van der Waals surface area contributed by atoms with Gasteiger partial charge >= 0.3 is 0 Å². The summed E-state index contributed by atoms with van der Waals surface area (Å²) in [6.07, 6.45) is 3.81. The van der Waals surface area contributed by atoms with Crippen LogP contribution in [-0.2, 0) is 0 Å². The van der Waals surface area contributed by atoms with Crippen LogP contribution in [0.3, 0.4) is 0 Å². The number of nitrogens with zero attached hydrogens (tertiary/aromatic N) is 3. The summed E-state index contributed by atoms with van der Waals surface area (Å²) in [7, 11) is 0. The average Bonchev–Trinajstić information content (AvgIpc) is 3.01. The summed E-state index contributed by atoms with van der Waals surface area (Å²) >= 11 is 0. The number of benzene rings is 1. The van der Waals surface area contributed by atoms with E-state index < -0.39 is 0 Å². The van der Waals surface area contributed by atoms with E-state index in [1.165, 1.54) is 36.0 Å². The molecule has 1 aliphatic heterocycles. The fourth-order valence-corrected chi connectivity index (χ4v) is 3.51. The molecule has 1 aromatic carbocycles. The average molecular weight is 375 g/mol. The Morgan fingerprint density at radius 3 is 2.35 bits per heavy atom. The number of hydrogen-bond donors (Lipinski definition) is 1. The SMILES string of the molecule is Cc1nc(N2CCCCC2)c2[nH]c(-c3ccc(C)c(C)c3)cc2n1.Cl.O. The van der Waals surface area contributed by atoms with Gasteiger partial charge in [-0.2, -0.15) is 0 Å². The van der Waals surface area contributed by atoms with E-state index in [-0.39, 0.29) is 17.9 Å². The molecule has 1 aliphatic rings. The molecule has 0 spiro atoms. The molecule has 0 bridgehead atoms. The number of nitrogens with one attached hydrogen (secondary N) is 1. The van der Waals surface area contributed by atoms with Crippen molar-refractivity contribution in [2.45, 2.75) is 40.0 Å². The van der Waals surface area contributed by atoms with Gasteiger partial charge in [0.15, 0.2) is 5.82 Å². The maximum Gasteiger partial charge on any atom is 0.156 e. The van der Waals surface area contributed by atoms with Crippen LogP contribution in [0.2, 0.25) is 0 Å². The van der Waals surface area contributed by atoms with Gasteiger partial charge in [-0.3, -0.25) is 0 Å². The molecule has 0 amide bonds. The van der Waals surface area contributed by atoms with Gasteiger partial charge in [-0.25, -0.2) is 9.97 Å². The Balaban J connectivity index is 0.00000121. The highest BCUT2D eigenvalue weighted by Crippen LogP contribution is 2.30. The molecule has 0 unspecified atom stereocenters. The summed E-state index contributed by atoms with van der Waals surface area (Å²) in [5.74, 6) is 1.90. The van der Waals surface area contributed by atoms with Crippen LogP contribution in [0.5, 0.6) is 0 Å². The first-order valence-electron chi connectivity index (χ1n) is 8.82. The molecule has 140 valence electrons. The largest absolute Gasteiger partial charge is 0.412 e. The standard InChI is InChI=1S/C20H24N4.ClH.H2O/c1-13-7-8-16(11-14(13)2)17-12-18-19(23-17)20(22-15(3)21-18)24-9-5-4-6-10-24;;/h7-8,11-12,23H,4-6,9-10H2,1-3H3;1H;1H2. The Bertz CT molecular complexity index is 900. The van der Waals surface area contributed by atoms with Gasteiger partial charge in [0, 0.05) is 18.8 Å². The Morgan fingerprint density at radius 1 is 0.923 bits per heavy atom. The monoisotopic (exact) mass is 374 g/mol. The molecule has 3 N–H and O–H groups in total. The number of anilines is 1. The lowest BCUT2D eigenvalue weighted by molar-refractivity contribution is 0.574. The molecule has 6 heteroatoms. The lowest BCUT2D eigenvalue weighted by Gasteiger charge is -2.28. The van der Waals surface area contributed by atoms with E-state index in [1.807, 2.05) is 6.92 Å². The third kappa shape index (κ3) is 3.69. The fourth-order valence-electron chi connectivity index (χ4n) is 3.51. The number of piperidine rings is 1. The minimum atomic E-state index is 0. The maximum absolute atomic E-state index is 4.75. The van der Waals surface area contributed by atoms with Crippen LogP contribution in [0.15, 0.2) is 24.3 Å².